The molecule has 8 nitrogen and oxygen atoms in total. The van der Waals surface area contributed by atoms with Crippen LogP contribution in [0, 0.1) is 0 Å². The van der Waals surface area contributed by atoms with E-state index in [1.165, 1.54) is 24.3 Å². The van der Waals surface area contributed by atoms with Gasteiger partial charge in [-0.05, 0) is 72.1 Å². The first-order valence-corrected chi connectivity index (χ1v) is 15.8. The number of furan rings is 1. The van der Waals surface area contributed by atoms with Crippen molar-refractivity contribution in [3.8, 4) is 11.3 Å². The molecule has 0 saturated carbocycles. The molecule has 1 heterocycles. The number of amides is 2. The number of carbonyl (C=O) groups is 2. The smallest absolute Gasteiger partial charge is 0.416 e. The molecule has 46 heavy (non-hydrogen) atoms. The molecule has 0 aliphatic heterocycles. The van der Waals surface area contributed by atoms with Crippen molar-refractivity contribution < 1.29 is 40.1 Å². The van der Waals surface area contributed by atoms with E-state index in [0.29, 0.717) is 33.7 Å². The van der Waals surface area contributed by atoms with E-state index in [4.69, 9.17) is 20.6 Å². The van der Waals surface area contributed by atoms with E-state index >= 15 is 0 Å². The van der Waals surface area contributed by atoms with E-state index in [1.807, 2.05) is 30.3 Å². The van der Waals surface area contributed by atoms with Gasteiger partial charge < -0.3 is 15.1 Å². The minimum absolute atomic E-state index is 0.0660. The Morgan fingerprint density at radius 2 is 1.61 bits per heavy atom. The summed E-state index contributed by atoms with van der Waals surface area (Å²) in [5.74, 6) is -2.10. The van der Waals surface area contributed by atoms with Gasteiger partial charge in [0.2, 0.25) is 5.91 Å². The van der Waals surface area contributed by atoms with Crippen LogP contribution in [0.5, 0.6) is 0 Å². The third-order valence-corrected chi connectivity index (χ3v) is 8.23. The molecule has 2 amide bonds. The van der Waals surface area contributed by atoms with Gasteiger partial charge in [0.1, 0.15) is 11.3 Å². The number of hydrogen-bond acceptors (Lipinski definition) is 5. The zero-order chi connectivity index (χ0) is 33.1. The van der Waals surface area contributed by atoms with E-state index in [9.17, 15) is 31.2 Å². The third kappa shape index (κ3) is 8.13. The van der Waals surface area contributed by atoms with Gasteiger partial charge in [0.15, 0.2) is 0 Å². The van der Waals surface area contributed by atoms with Crippen molar-refractivity contribution in [3.63, 3.8) is 0 Å². The van der Waals surface area contributed by atoms with Crippen molar-refractivity contribution in [2.75, 3.05) is 17.6 Å². The van der Waals surface area contributed by atoms with E-state index in [-0.39, 0.29) is 23.6 Å². The van der Waals surface area contributed by atoms with Crippen molar-refractivity contribution in [1.82, 2.24) is 5.32 Å². The van der Waals surface area contributed by atoms with Crippen molar-refractivity contribution in [2.24, 2.45) is 0 Å². The molecular weight excluding hydrogens is 645 g/mol. The molecule has 1 aromatic heterocycles. The molecule has 3 N–H and O–H groups in total. The maximum Gasteiger partial charge on any atom is 0.416 e. The fourth-order valence-corrected chi connectivity index (χ4v) is 5.39. The van der Waals surface area contributed by atoms with Crippen LogP contribution >= 0.6 is 11.6 Å². The number of fused-ring (bicyclic) bond motifs is 1. The van der Waals surface area contributed by atoms with Crippen LogP contribution in [0.3, 0.4) is 0 Å². The first kappa shape index (κ1) is 32.7. The third-order valence-electron chi connectivity index (χ3n) is 7.20. The SMILES string of the molecule is O=C(NCCS(=O)(=O)O)c1ccc(CC(C(=O)Nc2ccc(-c3cc4ccccc4o3)cc2Cl)c2ccc(C(F)(F)F)cc2)cc1. The Morgan fingerprint density at radius 3 is 2.24 bits per heavy atom. The lowest BCUT2D eigenvalue weighted by Crippen LogP contribution is -2.28. The number of anilines is 1. The van der Waals surface area contributed by atoms with Crippen molar-refractivity contribution in [3.05, 3.63) is 124 Å². The number of nitrogens with one attached hydrogen (secondary N) is 2. The summed E-state index contributed by atoms with van der Waals surface area (Å²) in [5, 5.41) is 6.30. The highest BCUT2D eigenvalue weighted by atomic mass is 35.5. The van der Waals surface area contributed by atoms with Crippen LogP contribution in [0.4, 0.5) is 18.9 Å². The first-order valence-electron chi connectivity index (χ1n) is 13.9. The van der Waals surface area contributed by atoms with Gasteiger partial charge in [0, 0.05) is 23.1 Å². The fraction of sp³-hybridized carbons (Fsp3) is 0.152. The summed E-state index contributed by atoms with van der Waals surface area (Å²) < 4.78 is 76.2. The molecule has 1 atom stereocenters. The molecule has 1 unspecified atom stereocenters. The maximum atomic E-state index is 13.7. The van der Waals surface area contributed by atoms with Gasteiger partial charge in [-0.1, -0.05) is 54.1 Å². The van der Waals surface area contributed by atoms with Crippen LogP contribution in [-0.4, -0.2) is 37.1 Å². The predicted octanol–water partition coefficient (Wildman–Crippen LogP) is 7.35. The second kappa shape index (κ2) is 13.4. The standard InChI is InChI=1S/C33H26ClF3N2O6S/c34-27-18-24(30-19-23-3-1-2-4-29(23)45-30)11-14-28(27)39-32(41)26(21-9-12-25(13-10-21)33(35,36)37)17-20-5-7-22(8-6-20)31(40)38-15-16-46(42,43)44/h1-14,18-19,26H,15-17H2,(H,38,40)(H,39,41)(H,42,43,44). The minimum atomic E-state index is -4.55. The summed E-state index contributed by atoms with van der Waals surface area (Å²) in [7, 11) is -4.24. The molecule has 0 fully saturated rings. The lowest BCUT2D eigenvalue weighted by Gasteiger charge is -2.19. The number of benzene rings is 4. The number of carbonyl (C=O) groups excluding carboxylic acids is 2. The van der Waals surface area contributed by atoms with Crippen LogP contribution in [-0.2, 0) is 27.5 Å². The highest BCUT2D eigenvalue weighted by molar-refractivity contribution is 7.85. The van der Waals surface area contributed by atoms with E-state index < -0.39 is 45.3 Å². The summed E-state index contributed by atoms with van der Waals surface area (Å²) in [6.07, 6.45) is -4.49. The summed E-state index contributed by atoms with van der Waals surface area (Å²) in [4.78, 5) is 26.0. The second-order valence-corrected chi connectivity index (χ2v) is 12.4. The average molecular weight is 671 g/mol. The Balaban J connectivity index is 1.36. The molecule has 4 aromatic carbocycles. The summed E-state index contributed by atoms with van der Waals surface area (Å²) in [6.45, 7) is -0.294. The largest absolute Gasteiger partial charge is 0.456 e. The topological polar surface area (TPSA) is 126 Å². The zero-order valence-electron chi connectivity index (χ0n) is 23.8. The van der Waals surface area contributed by atoms with Crippen molar-refractivity contribution in [2.45, 2.75) is 18.5 Å². The number of rotatable bonds is 10. The summed E-state index contributed by atoms with van der Waals surface area (Å²) >= 11 is 6.55. The Bertz CT molecular complexity index is 1960. The van der Waals surface area contributed by atoms with Crippen LogP contribution in [0.1, 0.15) is 33.0 Å². The highest BCUT2D eigenvalue weighted by Crippen LogP contribution is 2.34. The normalized spacial score (nSPS) is 12.5. The summed E-state index contributed by atoms with van der Waals surface area (Å²) in [6, 6.07) is 24.8. The minimum Gasteiger partial charge on any atom is -0.456 e. The zero-order valence-corrected chi connectivity index (χ0v) is 25.4. The van der Waals surface area contributed by atoms with Gasteiger partial charge in [-0.15, -0.1) is 0 Å². The number of alkyl halides is 3. The maximum absolute atomic E-state index is 13.7. The predicted molar refractivity (Wildman–Crippen MR) is 168 cm³/mol. The van der Waals surface area contributed by atoms with E-state index in [0.717, 1.165) is 17.5 Å². The van der Waals surface area contributed by atoms with E-state index in [1.54, 1.807) is 30.3 Å². The molecule has 0 aliphatic carbocycles. The van der Waals surface area contributed by atoms with Crippen LogP contribution < -0.4 is 10.6 Å². The molecule has 0 saturated heterocycles. The van der Waals surface area contributed by atoms with Gasteiger partial charge in [-0.2, -0.15) is 21.6 Å². The molecule has 13 heteroatoms. The highest BCUT2D eigenvalue weighted by Gasteiger charge is 2.31. The molecule has 0 aliphatic rings. The van der Waals surface area contributed by atoms with Gasteiger partial charge in [0.25, 0.3) is 16.0 Å². The molecule has 5 rings (SSSR count). The number of para-hydroxylation sites is 1. The van der Waals surface area contributed by atoms with Crippen LogP contribution in [0.25, 0.3) is 22.3 Å². The average Bonchev–Trinajstić information content (AvgIpc) is 3.45. The molecule has 0 spiro atoms. The number of hydrogen-bond donors (Lipinski definition) is 3. The lowest BCUT2D eigenvalue weighted by molar-refractivity contribution is -0.137. The molecule has 5 aromatic rings. The quantitative estimate of drug-likeness (QED) is 0.133. The van der Waals surface area contributed by atoms with Crippen LogP contribution in [0.15, 0.2) is 101 Å². The Morgan fingerprint density at radius 1 is 0.913 bits per heavy atom. The van der Waals surface area contributed by atoms with E-state index in [2.05, 4.69) is 10.6 Å². The van der Waals surface area contributed by atoms with Gasteiger partial charge >= 0.3 is 6.18 Å². The van der Waals surface area contributed by atoms with Crippen molar-refractivity contribution >= 4 is 50.2 Å². The van der Waals surface area contributed by atoms with Gasteiger partial charge in [-0.25, -0.2) is 0 Å². The Hall–Kier alpha value is -4.65. The number of halogens is 4. The first-order chi connectivity index (χ1) is 21.8. The monoisotopic (exact) mass is 670 g/mol. The fourth-order valence-electron chi connectivity index (χ4n) is 4.80. The summed E-state index contributed by atoms with van der Waals surface area (Å²) in [5.41, 5.74) is 1.94. The van der Waals surface area contributed by atoms with Crippen molar-refractivity contribution in [1.29, 1.82) is 0 Å². The van der Waals surface area contributed by atoms with Gasteiger partial charge in [-0.3, -0.25) is 14.1 Å². The molecule has 238 valence electrons. The Kier molecular flexibility index (Phi) is 9.52. The Labute approximate surface area is 266 Å². The second-order valence-electron chi connectivity index (χ2n) is 10.4. The molecule has 0 bridgehead atoms. The van der Waals surface area contributed by atoms with Gasteiger partial charge in [0.05, 0.1) is 27.9 Å². The molecular formula is C33H26ClF3N2O6S. The molecule has 0 radical (unpaired) electrons. The lowest BCUT2D eigenvalue weighted by atomic mass is 9.90. The van der Waals surface area contributed by atoms with Crippen LogP contribution in [0.2, 0.25) is 5.02 Å².